The highest BCUT2D eigenvalue weighted by molar-refractivity contribution is 5.74. The van der Waals surface area contributed by atoms with E-state index in [1.807, 2.05) is 0 Å². The van der Waals surface area contributed by atoms with Crippen molar-refractivity contribution in [2.45, 2.75) is 51.2 Å². The van der Waals surface area contributed by atoms with Crippen molar-refractivity contribution in [2.75, 3.05) is 13.2 Å². The fourth-order valence-corrected chi connectivity index (χ4v) is 2.89. The van der Waals surface area contributed by atoms with Crippen molar-refractivity contribution in [1.29, 1.82) is 0 Å². The van der Waals surface area contributed by atoms with E-state index in [0.717, 1.165) is 12.8 Å². The number of halogens is 3. The van der Waals surface area contributed by atoms with E-state index in [1.165, 1.54) is 31.5 Å². The Morgan fingerprint density at radius 3 is 2.76 bits per heavy atom. The van der Waals surface area contributed by atoms with Crippen LogP contribution in [0.1, 0.15) is 50.6 Å². The van der Waals surface area contributed by atoms with E-state index in [1.54, 1.807) is 13.0 Å². The third-order valence-corrected chi connectivity index (χ3v) is 4.27. The van der Waals surface area contributed by atoms with Crippen molar-refractivity contribution in [3.8, 4) is 5.88 Å². The van der Waals surface area contributed by atoms with Gasteiger partial charge in [0.1, 0.15) is 0 Å². The summed E-state index contributed by atoms with van der Waals surface area (Å²) in [6.07, 6.45) is 2.91. The van der Waals surface area contributed by atoms with Crippen LogP contribution in [-0.4, -0.2) is 30.3 Å². The Kier molecular flexibility index (Phi) is 6.90. The van der Waals surface area contributed by atoms with Gasteiger partial charge >= 0.3 is 12.2 Å². The first-order valence-corrected chi connectivity index (χ1v) is 8.53. The molecule has 25 heavy (non-hydrogen) atoms. The standard InChI is InChI=1S/C17H24F3N3O2/c1-12(23-16(24)22-10-13-5-3-2-4-6-13)14-7-8-21-15(9-14)25-11-17(18,19)20/h7-9,12-13H,2-6,10-11H2,1H3,(H2,22,23,24)/t12-/m0/s1. The Hall–Kier alpha value is -1.99. The molecule has 2 rings (SSSR count). The maximum atomic E-state index is 12.2. The molecule has 140 valence electrons. The Labute approximate surface area is 145 Å². The van der Waals surface area contributed by atoms with Crippen molar-refractivity contribution in [1.82, 2.24) is 15.6 Å². The lowest BCUT2D eigenvalue weighted by molar-refractivity contribution is -0.154. The summed E-state index contributed by atoms with van der Waals surface area (Å²) in [5.74, 6) is 0.407. The summed E-state index contributed by atoms with van der Waals surface area (Å²) < 4.78 is 41.2. The molecule has 2 amide bonds. The van der Waals surface area contributed by atoms with Gasteiger partial charge in [-0.1, -0.05) is 19.3 Å². The largest absolute Gasteiger partial charge is 0.468 e. The van der Waals surface area contributed by atoms with Crippen molar-refractivity contribution in [3.63, 3.8) is 0 Å². The molecule has 0 radical (unpaired) electrons. The van der Waals surface area contributed by atoms with Crippen LogP contribution in [-0.2, 0) is 0 Å². The fraction of sp³-hybridized carbons (Fsp3) is 0.647. The number of amides is 2. The maximum Gasteiger partial charge on any atom is 0.422 e. The second-order valence-corrected chi connectivity index (χ2v) is 6.41. The van der Waals surface area contributed by atoms with E-state index in [2.05, 4.69) is 20.4 Å². The minimum Gasteiger partial charge on any atom is -0.468 e. The minimum absolute atomic E-state index is 0.119. The van der Waals surface area contributed by atoms with E-state index >= 15 is 0 Å². The second-order valence-electron chi connectivity index (χ2n) is 6.41. The third kappa shape index (κ3) is 7.19. The Balaban J connectivity index is 1.80. The van der Waals surface area contributed by atoms with Gasteiger partial charge in [0, 0.05) is 18.8 Å². The molecular weight excluding hydrogens is 335 g/mol. The molecular formula is C17H24F3N3O2. The molecule has 1 fully saturated rings. The van der Waals surface area contributed by atoms with Crippen LogP contribution >= 0.6 is 0 Å². The van der Waals surface area contributed by atoms with Gasteiger partial charge in [0.15, 0.2) is 6.61 Å². The number of pyridine rings is 1. The monoisotopic (exact) mass is 359 g/mol. The highest BCUT2D eigenvalue weighted by Crippen LogP contribution is 2.23. The Morgan fingerprint density at radius 1 is 1.36 bits per heavy atom. The molecule has 1 aromatic rings. The lowest BCUT2D eigenvalue weighted by atomic mass is 9.89. The van der Waals surface area contributed by atoms with Crippen LogP contribution in [0, 0.1) is 5.92 Å². The van der Waals surface area contributed by atoms with Crippen molar-refractivity contribution in [2.24, 2.45) is 5.92 Å². The molecule has 0 saturated heterocycles. The van der Waals surface area contributed by atoms with Gasteiger partial charge in [-0.25, -0.2) is 9.78 Å². The molecule has 0 bridgehead atoms. The van der Waals surface area contributed by atoms with Crippen LogP contribution in [0.3, 0.4) is 0 Å². The molecule has 0 aliphatic heterocycles. The molecule has 1 heterocycles. The summed E-state index contributed by atoms with van der Waals surface area (Å²) in [5.41, 5.74) is 0.625. The number of carbonyl (C=O) groups is 1. The zero-order chi connectivity index (χ0) is 18.3. The van der Waals surface area contributed by atoms with Gasteiger partial charge in [-0.15, -0.1) is 0 Å². The highest BCUT2D eigenvalue weighted by atomic mass is 19.4. The van der Waals surface area contributed by atoms with E-state index in [-0.39, 0.29) is 18.0 Å². The molecule has 1 saturated carbocycles. The molecule has 1 atom stereocenters. The number of nitrogens with one attached hydrogen (secondary N) is 2. The molecule has 1 aromatic heterocycles. The molecule has 0 spiro atoms. The normalized spacial score (nSPS) is 17.0. The zero-order valence-electron chi connectivity index (χ0n) is 14.2. The van der Waals surface area contributed by atoms with Crippen LogP contribution in [0.4, 0.5) is 18.0 Å². The van der Waals surface area contributed by atoms with Gasteiger partial charge in [0.05, 0.1) is 6.04 Å². The number of nitrogens with zero attached hydrogens (tertiary/aromatic N) is 1. The van der Waals surface area contributed by atoms with Crippen LogP contribution in [0.25, 0.3) is 0 Å². The number of aromatic nitrogens is 1. The predicted octanol–water partition coefficient (Wildman–Crippen LogP) is 3.96. The van der Waals surface area contributed by atoms with Gasteiger partial charge in [0.25, 0.3) is 0 Å². The van der Waals surface area contributed by atoms with Crippen LogP contribution in [0.15, 0.2) is 18.3 Å². The van der Waals surface area contributed by atoms with Gasteiger partial charge in [0.2, 0.25) is 5.88 Å². The molecule has 5 nitrogen and oxygen atoms in total. The average molecular weight is 359 g/mol. The maximum absolute atomic E-state index is 12.2. The van der Waals surface area contributed by atoms with Crippen molar-refractivity contribution in [3.05, 3.63) is 23.9 Å². The van der Waals surface area contributed by atoms with Crippen LogP contribution < -0.4 is 15.4 Å². The average Bonchev–Trinajstić information content (AvgIpc) is 2.59. The molecule has 8 heteroatoms. The number of hydrogen-bond donors (Lipinski definition) is 2. The van der Waals surface area contributed by atoms with Gasteiger partial charge in [-0.05, 0) is 37.3 Å². The molecule has 2 N–H and O–H groups in total. The summed E-state index contributed by atoms with van der Waals surface area (Å²) in [5, 5.41) is 5.65. The summed E-state index contributed by atoms with van der Waals surface area (Å²) >= 11 is 0. The third-order valence-electron chi connectivity index (χ3n) is 4.27. The number of urea groups is 1. The van der Waals surface area contributed by atoms with Crippen LogP contribution in [0.2, 0.25) is 0 Å². The van der Waals surface area contributed by atoms with E-state index in [4.69, 9.17) is 0 Å². The molecule has 0 aromatic carbocycles. The lowest BCUT2D eigenvalue weighted by Crippen LogP contribution is -2.39. The first-order valence-electron chi connectivity index (χ1n) is 8.53. The minimum atomic E-state index is -4.42. The highest BCUT2D eigenvalue weighted by Gasteiger charge is 2.28. The first kappa shape index (κ1) is 19.3. The topological polar surface area (TPSA) is 63.2 Å². The SMILES string of the molecule is C[C@H](NC(=O)NCC1CCCCC1)c1ccnc(OCC(F)(F)F)c1. The summed E-state index contributed by atoms with van der Waals surface area (Å²) in [6.45, 7) is 1.01. The number of carbonyl (C=O) groups excluding carboxylic acids is 1. The fourth-order valence-electron chi connectivity index (χ4n) is 2.89. The number of rotatable bonds is 6. The summed E-state index contributed by atoms with van der Waals surface area (Å²) in [4.78, 5) is 15.7. The van der Waals surface area contributed by atoms with E-state index < -0.39 is 12.8 Å². The van der Waals surface area contributed by atoms with E-state index in [0.29, 0.717) is 18.0 Å². The number of hydrogen-bond acceptors (Lipinski definition) is 3. The Morgan fingerprint density at radius 2 is 2.08 bits per heavy atom. The summed E-state index contributed by atoms with van der Waals surface area (Å²) in [7, 11) is 0. The zero-order valence-corrected chi connectivity index (χ0v) is 14.2. The lowest BCUT2D eigenvalue weighted by Gasteiger charge is -2.22. The molecule has 1 aliphatic rings. The smallest absolute Gasteiger partial charge is 0.422 e. The molecule has 0 unspecified atom stereocenters. The van der Waals surface area contributed by atoms with Crippen LogP contribution in [0.5, 0.6) is 5.88 Å². The quantitative estimate of drug-likeness (QED) is 0.808. The van der Waals surface area contributed by atoms with Gasteiger partial charge in [-0.3, -0.25) is 0 Å². The summed E-state index contributed by atoms with van der Waals surface area (Å²) in [6, 6.07) is 2.37. The van der Waals surface area contributed by atoms with Crippen molar-refractivity contribution >= 4 is 6.03 Å². The first-order chi connectivity index (χ1) is 11.8. The van der Waals surface area contributed by atoms with Gasteiger partial charge in [-0.2, -0.15) is 13.2 Å². The Bertz CT molecular complexity index is 560. The predicted molar refractivity (Wildman–Crippen MR) is 87.3 cm³/mol. The van der Waals surface area contributed by atoms with E-state index in [9.17, 15) is 18.0 Å². The second kappa shape index (κ2) is 8.92. The van der Waals surface area contributed by atoms with Gasteiger partial charge < -0.3 is 15.4 Å². The van der Waals surface area contributed by atoms with Crippen molar-refractivity contribution < 1.29 is 22.7 Å². The number of alkyl halides is 3. The number of ether oxygens (including phenoxy) is 1. The molecule has 1 aliphatic carbocycles.